The van der Waals surface area contributed by atoms with Crippen LogP contribution in [0.15, 0.2) is 12.1 Å². The number of urea groups is 1. The number of nitrogens with zero attached hydrogens (tertiary/aromatic N) is 3. The standard InChI is InChI=1S/C22H27N3O4/c26-21-15-4-3-8-25(22(27)23-6-1-2-7-23)17(15)12-18-16-11-20-19(28-13-29-20)10-14(16)5-9-24(18)21/h10-11,15,17-18H,1-9,12-13H2. The monoisotopic (exact) mass is 397 g/mol. The van der Waals surface area contributed by atoms with Crippen LogP contribution in [-0.4, -0.2) is 65.7 Å². The van der Waals surface area contributed by atoms with Crippen molar-refractivity contribution in [2.75, 3.05) is 33.0 Å². The topological polar surface area (TPSA) is 62.3 Å². The van der Waals surface area contributed by atoms with Crippen molar-refractivity contribution in [2.45, 2.75) is 50.6 Å². The highest BCUT2D eigenvalue weighted by atomic mass is 16.7. The Bertz CT molecular complexity index is 866. The highest BCUT2D eigenvalue weighted by Gasteiger charge is 2.49. The second-order valence-electron chi connectivity index (χ2n) is 8.92. The molecule has 5 aliphatic heterocycles. The molecule has 3 unspecified atom stereocenters. The van der Waals surface area contributed by atoms with Gasteiger partial charge >= 0.3 is 6.03 Å². The molecule has 3 fully saturated rings. The van der Waals surface area contributed by atoms with E-state index in [1.807, 2.05) is 9.80 Å². The van der Waals surface area contributed by atoms with Crippen molar-refractivity contribution in [3.63, 3.8) is 0 Å². The molecule has 0 bridgehead atoms. The summed E-state index contributed by atoms with van der Waals surface area (Å²) in [7, 11) is 0. The maximum absolute atomic E-state index is 13.4. The average molecular weight is 397 g/mol. The zero-order valence-electron chi connectivity index (χ0n) is 16.6. The van der Waals surface area contributed by atoms with Crippen LogP contribution < -0.4 is 9.47 Å². The SMILES string of the molecule is O=C1C2CCCN(C(=O)N3CCCC3)C2CC2c3cc4c(cc3CCN12)OCO4. The van der Waals surface area contributed by atoms with Gasteiger partial charge in [0.1, 0.15) is 0 Å². The van der Waals surface area contributed by atoms with Crippen molar-refractivity contribution >= 4 is 11.9 Å². The summed E-state index contributed by atoms with van der Waals surface area (Å²) < 4.78 is 11.2. The molecule has 6 rings (SSSR count). The quantitative estimate of drug-likeness (QED) is 0.675. The van der Waals surface area contributed by atoms with Gasteiger partial charge in [-0.2, -0.15) is 0 Å². The van der Waals surface area contributed by atoms with Crippen LogP contribution in [0, 0.1) is 5.92 Å². The molecule has 154 valence electrons. The van der Waals surface area contributed by atoms with Crippen molar-refractivity contribution in [1.29, 1.82) is 0 Å². The molecule has 5 aliphatic rings. The van der Waals surface area contributed by atoms with Crippen LogP contribution in [0.5, 0.6) is 11.5 Å². The van der Waals surface area contributed by atoms with Crippen molar-refractivity contribution in [3.8, 4) is 11.5 Å². The molecule has 0 aliphatic carbocycles. The molecule has 7 heteroatoms. The third kappa shape index (κ3) is 2.62. The minimum Gasteiger partial charge on any atom is -0.454 e. The molecular formula is C22H27N3O4. The van der Waals surface area contributed by atoms with E-state index in [-0.39, 0.29) is 36.7 Å². The molecular weight excluding hydrogens is 370 g/mol. The number of likely N-dealkylation sites (tertiary alicyclic amines) is 2. The summed E-state index contributed by atoms with van der Waals surface area (Å²) in [6.45, 7) is 3.48. The van der Waals surface area contributed by atoms with E-state index in [2.05, 4.69) is 17.0 Å². The molecule has 3 amide bonds. The van der Waals surface area contributed by atoms with E-state index in [0.29, 0.717) is 0 Å². The number of carbonyl (C=O) groups excluding carboxylic acids is 2. The highest BCUT2D eigenvalue weighted by molar-refractivity contribution is 5.84. The largest absolute Gasteiger partial charge is 0.454 e. The molecule has 29 heavy (non-hydrogen) atoms. The van der Waals surface area contributed by atoms with E-state index in [1.54, 1.807) is 0 Å². The molecule has 3 atom stereocenters. The number of rotatable bonds is 0. The number of carbonyl (C=O) groups is 2. The summed E-state index contributed by atoms with van der Waals surface area (Å²) in [6, 6.07) is 4.31. The number of amides is 3. The Hall–Kier alpha value is -2.44. The van der Waals surface area contributed by atoms with Crippen LogP contribution in [0.25, 0.3) is 0 Å². The fourth-order valence-electron chi connectivity index (χ4n) is 6.01. The number of piperidine rings is 2. The maximum atomic E-state index is 13.4. The highest BCUT2D eigenvalue weighted by Crippen LogP contribution is 2.47. The minimum absolute atomic E-state index is 0.00183. The molecule has 5 heterocycles. The Morgan fingerprint density at radius 1 is 1.00 bits per heavy atom. The van der Waals surface area contributed by atoms with Gasteiger partial charge in [-0.05, 0) is 61.8 Å². The van der Waals surface area contributed by atoms with E-state index < -0.39 is 0 Å². The molecule has 0 aromatic heterocycles. The van der Waals surface area contributed by atoms with Crippen LogP contribution in [0.4, 0.5) is 4.79 Å². The van der Waals surface area contributed by atoms with Crippen molar-refractivity contribution in [1.82, 2.24) is 14.7 Å². The first kappa shape index (κ1) is 17.4. The molecule has 1 aromatic rings. The van der Waals surface area contributed by atoms with Crippen LogP contribution in [0.2, 0.25) is 0 Å². The van der Waals surface area contributed by atoms with Gasteiger partial charge in [0.15, 0.2) is 11.5 Å². The third-order valence-electron chi connectivity index (χ3n) is 7.46. The Balaban J connectivity index is 1.34. The van der Waals surface area contributed by atoms with Gasteiger partial charge in [0.05, 0.1) is 12.0 Å². The van der Waals surface area contributed by atoms with Gasteiger partial charge < -0.3 is 24.2 Å². The lowest BCUT2D eigenvalue weighted by Gasteiger charge is -2.52. The number of ether oxygens (including phenoxy) is 2. The van der Waals surface area contributed by atoms with Crippen molar-refractivity contribution in [2.24, 2.45) is 5.92 Å². The second-order valence-corrected chi connectivity index (χ2v) is 8.92. The molecule has 0 radical (unpaired) electrons. The fourth-order valence-corrected chi connectivity index (χ4v) is 6.01. The normalized spacial score (nSPS) is 30.1. The zero-order valence-corrected chi connectivity index (χ0v) is 16.6. The summed E-state index contributed by atoms with van der Waals surface area (Å²) in [5.74, 6) is 1.75. The molecule has 1 aromatic carbocycles. The van der Waals surface area contributed by atoms with Gasteiger partial charge in [0.2, 0.25) is 12.7 Å². The number of benzene rings is 1. The summed E-state index contributed by atoms with van der Waals surface area (Å²) in [4.78, 5) is 32.7. The average Bonchev–Trinajstić information content (AvgIpc) is 3.43. The van der Waals surface area contributed by atoms with Gasteiger partial charge in [-0.1, -0.05) is 0 Å². The smallest absolute Gasteiger partial charge is 0.320 e. The van der Waals surface area contributed by atoms with E-state index in [9.17, 15) is 9.59 Å². The van der Waals surface area contributed by atoms with Gasteiger partial charge in [-0.15, -0.1) is 0 Å². The Morgan fingerprint density at radius 3 is 2.62 bits per heavy atom. The van der Waals surface area contributed by atoms with E-state index in [1.165, 1.54) is 11.1 Å². The van der Waals surface area contributed by atoms with Gasteiger partial charge in [0.25, 0.3) is 0 Å². The molecule has 0 spiro atoms. The predicted octanol–water partition coefficient (Wildman–Crippen LogP) is 2.54. The van der Waals surface area contributed by atoms with Crippen LogP contribution in [-0.2, 0) is 11.2 Å². The first-order valence-corrected chi connectivity index (χ1v) is 11.0. The van der Waals surface area contributed by atoms with Gasteiger partial charge in [-0.25, -0.2) is 4.79 Å². The first-order chi connectivity index (χ1) is 14.2. The zero-order chi connectivity index (χ0) is 19.5. The van der Waals surface area contributed by atoms with Crippen LogP contribution in [0.1, 0.15) is 49.3 Å². The summed E-state index contributed by atoms with van der Waals surface area (Å²) in [5, 5.41) is 0. The van der Waals surface area contributed by atoms with Crippen LogP contribution in [0.3, 0.4) is 0 Å². The van der Waals surface area contributed by atoms with Crippen LogP contribution >= 0.6 is 0 Å². The summed E-state index contributed by atoms with van der Waals surface area (Å²) >= 11 is 0. The number of fused-ring (bicyclic) bond motifs is 5. The van der Waals surface area contributed by atoms with E-state index >= 15 is 0 Å². The predicted molar refractivity (Wildman–Crippen MR) is 105 cm³/mol. The molecule has 7 nitrogen and oxygen atoms in total. The fraction of sp³-hybridized carbons (Fsp3) is 0.636. The lowest BCUT2D eigenvalue weighted by Crippen LogP contribution is -2.61. The lowest BCUT2D eigenvalue weighted by atomic mass is 9.76. The molecule has 0 saturated carbocycles. The van der Waals surface area contributed by atoms with E-state index in [4.69, 9.17) is 9.47 Å². The third-order valence-corrected chi connectivity index (χ3v) is 7.46. The minimum atomic E-state index is -0.0536. The first-order valence-electron chi connectivity index (χ1n) is 11.0. The second kappa shape index (κ2) is 6.54. The van der Waals surface area contributed by atoms with Crippen molar-refractivity contribution < 1.29 is 19.1 Å². The summed E-state index contributed by atoms with van der Waals surface area (Å²) in [6.07, 6.45) is 5.66. The Morgan fingerprint density at radius 2 is 1.79 bits per heavy atom. The van der Waals surface area contributed by atoms with E-state index in [0.717, 1.165) is 76.2 Å². The maximum Gasteiger partial charge on any atom is 0.320 e. The lowest BCUT2D eigenvalue weighted by molar-refractivity contribution is -0.148. The number of hydrogen-bond acceptors (Lipinski definition) is 4. The molecule has 0 N–H and O–H groups in total. The Kier molecular flexibility index (Phi) is 3.93. The Labute approximate surface area is 170 Å². The van der Waals surface area contributed by atoms with Gasteiger partial charge in [-0.3, -0.25) is 4.79 Å². The summed E-state index contributed by atoms with van der Waals surface area (Å²) in [5.41, 5.74) is 2.42. The van der Waals surface area contributed by atoms with Crippen molar-refractivity contribution in [3.05, 3.63) is 23.3 Å². The number of hydrogen-bond donors (Lipinski definition) is 0. The molecule has 3 saturated heterocycles. The van der Waals surface area contributed by atoms with Gasteiger partial charge in [0, 0.05) is 32.2 Å².